The van der Waals surface area contributed by atoms with E-state index in [4.69, 9.17) is 10.7 Å². The molecule has 6 heteroatoms. The van der Waals surface area contributed by atoms with Crippen molar-refractivity contribution in [2.24, 2.45) is 0 Å². The molecule has 13 heavy (non-hydrogen) atoms. The zero-order valence-corrected chi connectivity index (χ0v) is 11.8. The van der Waals surface area contributed by atoms with Gasteiger partial charge in [-0.3, -0.25) is 0 Å². The van der Waals surface area contributed by atoms with Crippen molar-refractivity contribution in [3.63, 3.8) is 0 Å². The monoisotopic (exact) mass is 394 g/mol. The van der Waals surface area contributed by atoms with Crippen LogP contribution < -0.4 is 0 Å². The van der Waals surface area contributed by atoms with E-state index in [1.165, 1.54) is 0 Å². The van der Waals surface area contributed by atoms with Gasteiger partial charge in [0, 0.05) is 18.7 Å². The molecule has 0 fully saturated rings. The number of aryl methyl sites for hydroxylation is 1. The molecule has 0 bridgehead atoms. The van der Waals surface area contributed by atoms with Crippen molar-refractivity contribution in [1.82, 2.24) is 0 Å². The molecular formula is C7H5BrClIO2S. The third-order valence-electron chi connectivity index (χ3n) is 1.39. The SMILES string of the molecule is Cc1cc(Br)c(S(=O)(=O)Cl)c(I)c1. The van der Waals surface area contributed by atoms with E-state index in [0.717, 1.165) is 5.56 Å². The van der Waals surface area contributed by atoms with Crippen LogP contribution in [0, 0.1) is 10.5 Å². The van der Waals surface area contributed by atoms with Gasteiger partial charge in [-0.2, -0.15) is 0 Å². The highest BCUT2D eigenvalue weighted by Gasteiger charge is 2.18. The summed E-state index contributed by atoms with van der Waals surface area (Å²) < 4.78 is 23.4. The van der Waals surface area contributed by atoms with Crippen LogP contribution in [0.5, 0.6) is 0 Å². The molecule has 1 rings (SSSR count). The van der Waals surface area contributed by atoms with Crippen LogP contribution in [0.15, 0.2) is 21.5 Å². The fraction of sp³-hybridized carbons (Fsp3) is 0.143. The zero-order valence-electron chi connectivity index (χ0n) is 6.51. The van der Waals surface area contributed by atoms with Crippen LogP contribution in [-0.2, 0) is 9.05 Å². The second-order valence-corrected chi connectivity index (χ2v) is 7.01. The highest BCUT2D eigenvalue weighted by Crippen LogP contribution is 2.30. The molecule has 0 radical (unpaired) electrons. The largest absolute Gasteiger partial charge is 0.263 e. The topological polar surface area (TPSA) is 34.1 Å². The van der Waals surface area contributed by atoms with Crippen molar-refractivity contribution in [2.75, 3.05) is 0 Å². The second kappa shape index (κ2) is 4.04. The lowest BCUT2D eigenvalue weighted by Crippen LogP contribution is -1.96. The summed E-state index contributed by atoms with van der Waals surface area (Å²) in [5.74, 6) is 0. The summed E-state index contributed by atoms with van der Waals surface area (Å²) >= 11 is 5.11. The molecule has 1 aromatic carbocycles. The van der Waals surface area contributed by atoms with Gasteiger partial charge in [-0.15, -0.1) is 0 Å². The van der Waals surface area contributed by atoms with E-state index in [-0.39, 0.29) is 4.90 Å². The van der Waals surface area contributed by atoms with Crippen molar-refractivity contribution >= 4 is 58.3 Å². The molecule has 0 atom stereocenters. The Labute approximate surface area is 103 Å². The Morgan fingerprint density at radius 1 is 1.46 bits per heavy atom. The van der Waals surface area contributed by atoms with Crippen molar-refractivity contribution in [3.05, 3.63) is 25.7 Å². The van der Waals surface area contributed by atoms with Crippen LogP contribution in [0.3, 0.4) is 0 Å². The molecule has 0 N–H and O–H groups in total. The van der Waals surface area contributed by atoms with Gasteiger partial charge in [0.1, 0.15) is 4.90 Å². The van der Waals surface area contributed by atoms with Gasteiger partial charge in [0.15, 0.2) is 0 Å². The lowest BCUT2D eigenvalue weighted by atomic mass is 10.2. The van der Waals surface area contributed by atoms with Crippen molar-refractivity contribution in [1.29, 1.82) is 0 Å². The van der Waals surface area contributed by atoms with Crippen LogP contribution in [-0.4, -0.2) is 8.42 Å². The molecule has 2 nitrogen and oxygen atoms in total. The Kier molecular flexibility index (Phi) is 3.65. The average molecular weight is 395 g/mol. The number of hydrogen-bond acceptors (Lipinski definition) is 2. The summed E-state index contributed by atoms with van der Waals surface area (Å²) in [7, 11) is 1.60. The van der Waals surface area contributed by atoms with Crippen molar-refractivity contribution in [2.45, 2.75) is 11.8 Å². The smallest absolute Gasteiger partial charge is 0.207 e. The van der Waals surface area contributed by atoms with Crippen molar-refractivity contribution in [3.8, 4) is 0 Å². The predicted octanol–water partition coefficient (Wildman–Crippen LogP) is 3.29. The molecule has 0 aliphatic rings. The van der Waals surface area contributed by atoms with Gasteiger partial charge in [0.2, 0.25) is 0 Å². The van der Waals surface area contributed by atoms with Gasteiger partial charge in [0.05, 0.1) is 0 Å². The number of hydrogen-bond donors (Lipinski definition) is 0. The van der Waals surface area contributed by atoms with Crippen LogP contribution in [0.4, 0.5) is 0 Å². The fourth-order valence-electron chi connectivity index (χ4n) is 0.920. The maximum absolute atomic E-state index is 11.1. The number of halogens is 3. The van der Waals surface area contributed by atoms with E-state index in [1.807, 2.05) is 29.5 Å². The zero-order chi connectivity index (χ0) is 10.2. The van der Waals surface area contributed by atoms with Gasteiger partial charge in [0.25, 0.3) is 9.05 Å². The first-order valence-electron chi connectivity index (χ1n) is 3.22. The van der Waals surface area contributed by atoms with E-state index in [1.54, 1.807) is 12.1 Å². The molecule has 1 aromatic rings. The lowest BCUT2D eigenvalue weighted by Gasteiger charge is -2.04. The first-order valence-corrected chi connectivity index (χ1v) is 7.41. The van der Waals surface area contributed by atoms with E-state index < -0.39 is 9.05 Å². The summed E-state index contributed by atoms with van der Waals surface area (Å²) in [6.07, 6.45) is 0. The van der Waals surface area contributed by atoms with Crippen LogP contribution >= 0.6 is 49.2 Å². The minimum atomic E-state index is -3.66. The number of benzene rings is 1. The van der Waals surface area contributed by atoms with Gasteiger partial charge in [-0.1, -0.05) is 0 Å². The van der Waals surface area contributed by atoms with Crippen LogP contribution in [0.1, 0.15) is 5.56 Å². The normalized spacial score (nSPS) is 11.7. The number of rotatable bonds is 1. The summed E-state index contributed by atoms with van der Waals surface area (Å²) in [6.45, 7) is 1.89. The summed E-state index contributed by atoms with van der Waals surface area (Å²) in [4.78, 5) is 0.139. The van der Waals surface area contributed by atoms with E-state index >= 15 is 0 Å². The van der Waals surface area contributed by atoms with E-state index in [0.29, 0.717) is 8.04 Å². The maximum atomic E-state index is 11.1. The second-order valence-electron chi connectivity index (χ2n) is 2.50. The Bertz CT molecular complexity index is 421. The first-order chi connectivity index (χ1) is 5.82. The minimum Gasteiger partial charge on any atom is -0.207 e. The first kappa shape index (κ1) is 11.7. The van der Waals surface area contributed by atoms with Gasteiger partial charge < -0.3 is 0 Å². The van der Waals surface area contributed by atoms with Gasteiger partial charge in [-0.25, -0.2) is 8.42 Å². The molecule has 0 amide bonds. The Balaban J connectivity index is 3.57. The Morgan fingerprint density at radius 3 is 2.38 bits per heavy atom. The van der Waals surface area contributed by atoms with Crippen LogP contribution in [0.2, 0.25) is 0 Å². The molecule has 0 aliphatic carbocycles. The third kappa shape index (κ3) is 2.81. The maximum Gasteiger partial charge on any atom is 0.263 e. The Hall–Kier alpha value is 0.670. The molecule has 0 saturated carbocycles. The summed E-state index contributed by atoms with van der Waals surface area (Å²) in [6, 6.07) is 3.48. The highest BCUT2D eigenvalue weighted by atomic mass is 127. The molecule has 0 heterocycles. The van der Waals surface area contributed by atoms with Crippen LogP contribution in [0.25, 0.3) is 0 Å². The summed E-state index contributed by atoms with van der Waals surface area (Å²) in [5, 5.41) is 0. The summed E-state index contributed by atoms with van der Waals surface area (Å²) in [5.41, 5.74) is 0.986. The molecule has 0 spiro atoms. The molecule has 0 unspecified atom stereocenters. The highest BCUT2D eigenvalue weighted by molar-refractivity contribution is 14.1. The fourth-order valence-corrected chi connectivity index (χ4v) is 5.91. The van der Waals surface area contributed by atoms with E-state index in [9.17, 15) is 8.42 Å². The van der Waals surface area contributed by atoms with Crippen molar-refractivity contribution < 1.29 is 8.42 Å². The average Bonchev–Trinajstić information content (AvgIpc) is 1.78. The molecule has 0 saturated heterocycles. The Morgan fingerprint density at radius 2 is 2.00 bits per heavy atom. The third-order valence-corrected chi connectivity index (χ3v) is 4.88. The molecule has 72 valence electrons. The van der Waals surface area contributed by atoms with Gasteiger partial charge in [-0.05, 0) is 63.1 Å². The standard InChI is InChI=1S/C7H5BrClIO2S/c1-4-2-5(8)7(6(10)3-4)13(9,11)12/h2-3H,1H3. The van der Waals surface area contributed by atoms with E-state index in [2.05, 4.69) is 15.9 Å². The lowest BCUT2D eigenvalue weighted by molar-refractivity contribution is 0.608. The predicted molar refractivity (Wildman–Crippen MR) is 64.6 cm³/mol. The molecular weight excluding hydrogens is 390 g/mol. The quantitative estimate of drug-likeness (QED) is 0.540. The molecule has 0 aliphatic heterocycles. The minimum absolute atomic E-state index is 0.139. The van der Waals surface area contributed by atoms with Gasteiger partial charge >= 0.3 is 0 Å². The molecule has 0 aromatic heterocycles.